The minimum Gasteiger partial charge on any atom is -0.367 e. The molecule has 0 spiro atoms. The predicted molar refractivity (Wildman–Crippen MR) is 174 cm³/mol. The summed E-state index contributed by atoms with van der Waals surface area (Å²) in [7, 11) is 2.13. The van der Waals surface area contributed by atoms with E-state index in [4.69, 9.17) is 16.6 Å². The third-order valence-electron chi connectivity index (χ3n) is 7.35. The molecule has 220 valence electrons. The van der Waals surface area contributed by atoms with Crippen LogP contribution in [0.1, 0.15) is 21.5 Å². The molecule has 0 saturated carbocycles. The zero-order valence-corrected chi connectivity index (χ0v) is 25.0. The second-order valence-corrected chi connectivity index (χ2v) is 10.8. The molecular weight excluding hydrogens is 562 g/mol. The van der Waals surface area contributed by atoms with Crippen LogP contribution in [0.25, 0.3) is 0 Å². The third-order valence-corrected chi connectivity index (χ3v) is 7.67. The maximum atomic E-state index is 13.6. The van der Waals surface area contributed by atoms with E-state index in [0.717, 1.165) is 48.7 Å². The summed E-state index contributed by atoms with van der Waals surface area (Å²) in [4.78, 5) is 39.7. The van der Waals surface area contributed by atoms with Crippen LogP contribution in [0.3, 0.4) is 0 Å². The zero-order chi connectivity index (χ0) is 30.3. The number of nitrogens with zero attached hydrogens (tertiary/aromatic N) is 4. The number of nitrogens with one attached hydrogen (secondary N) is 3. The molecule has 43 heavy (non-hydrogen) atoms. The van der Waals surface area contributed by atoms with E-state index >= 15 is 0 Å². The molecule has 0 unspecified atom stereocenters. The molecule has 5 rings (SSSR count). The number of aryl methyl sites for hydroxylation is 1. The molecule has 1 saturated heterocycles. The van der Waals surface area contributed by atoms with Crippen molar-refractivity contribution in [2.45, 2.75) is 13.3 Å². The largest absolute Gasteiger partial charge is 0.367 e. The summed E-state index contributed by atoms with van der Waals surface area (Å²) in [6, 6.07) is 20.8. The number of piperazine rings is 1. The Balaban J connectivity index is 1.50. The first-order chi connectivity index (χ1) is 20.8. The van der Waals surface area contributed by atoms with Crippen LogP contribution in [0.15, 0.2) is 85.6 Å². The number of amides is 1. The lowest BCUT2D eigenvalue weighted by Gasteiger charge is -2.35. The molecule has 4 aromatic rings. The summed E-state index contributed by atoms with van der Waals surface area (Å²) < 4.78 is 0. The van der Waals surface area contributed by atoms with Gasteiger partial charge in [0.1, 0.15) is 11.4 Å². The van der Waals surface area contributed by atoms with E-state index in [1.165, 1.54) is 12.3 Å². The lowest BCUT2D eigenvalue weighted by atomic mass is 10.1. The summed E-state index contributed by atoms with van der Waals surface area (Å²) >= 11 is 6.40. The Kier molecular flexibility index (Phi) is 9.34. The smallest absolute Gasteiger partial charge is 0.261 e. The molecular formula is C33H34ClN7O2. The van der Waals surface area contributed by atoms with Crippen molar-refractivity contribution in [3.8, 4) is 0 Å². The number of anilines is 6. The number of allylic oxidation sites excluding steroid dienone is 1. The molecule has 0 atom stereocenters. The van der Waals surface area contributed by atoms with Crippen LogP contribution in [0.4, 0.5) is 34.5 Å². The number of hydrogen-bond donors (Lipinski definition) is 3. The van der Waals surface area contributed by atoms with Crippen molar-refractivity contribution in [3.63, 3.8) is 0 Å². The Morgan fingerprint density at radius 1 is 0.953 bits per heavy atom. The third kappa shape index (κ3) is 7.20. The van der Waals surface area contributed by atoms with E-state index in [9.17, 15) is 9.59 Å². The lowest BCUT2D eigenvalue weighted by Crippen LogP contribution is -2.44. The minimum absolute atomic E-state index is 0.119. The zero-order valence-electron chi connectivity index (χ0n) is 24.2. The number of carbonyl (C=O) groups excluding carboxylic acids is 2. The highest BCUT2D eigenvalue weighted by Gasteiger charge is 2.21. The van der Waals surface area contributed by atoms with Crippen LogP contribution in [0, 0.1) is 6.92 Å². The molecule has 3 aromatic carbocycles. The molecule has 1 amide bonds. The first-order valence-corrected chi connectivity index (χ1v) is 14.4. The quantitative estimate of drug-likeness (QED) is 0.186. The Labute approximate surface area is 256 Å². The van der Waals surface area contributed by atoms with Crippen LogP contribution in [0.2, 0.25) is 5.02 Å². The van der Waals surface area contributed by atoms with Crippen LogP contribution < -0.4 is 20.9 Å². The van der Waals surface area contributed by atoms with Gasteiger partial charge in [0, 0.05) is 44.5 Å². The Morgan fingerprint density at radius 3 is 2.42 bits per heavy atom. The number of hydrogen-bond acceptors (Lipinski definition) is 8. The summed E-state index contributed by atoms with van der Waals surface area (Å²) in [6.07, 6.45) is 2.93. The molecule has 1 aliphatic rings. The maximum Gasteiger partial charge on any atom is 0.261 e. The number of halogens is 1. The van der Waals surface area contributed by atoms with Crippen LogP contribution >= 0.6 is 11.6 Å². The molecule has 10 heteroatoms. The monoisotopic (exact) mass is 595 g/mol. The molecule has 0 bridgehead atoms. The van der Waals surface area contributed by atoms with Crippen LogP contribution in [0.5, 0.6) is 0 Å². The fraction of sp³-hybridized carbons (Fsp3) is 0.212. The van der Waals surface area contributed by atoms with E-state index in [-0.39, 0.29) is 23.6 Å². The van der Waals surface area contributed by atoms with Crippen molar-refractivity contribution < 1.29 is 9.59 Å². The van der Waals surface area contributed by atoms with Gasteiger partial charge in [0.25, 0.3) is 5.91 Å². The highest BCUT2D eigenvalue weighted by molar-refractivity contribution is 6.34. The lowest BCUT2D eigenvalue weighted by molar-refractivity contribution is -0.114. The summed E-state index contributed by atoms with van der Waals surface area (Å²) in [5.41, 5.74) is 4.85. The maximum absolute atomic E-state index is 13.6. The van der Waals surface area contributed by atoms with Gasteiger partial charge in [-0.05, 0) is 55.4 Å². The summed E-state index contributed by atoms with van der Waals surface area (Å²) in [6.45, 7) is 9.22. The van der Waals surface area contributed by atoms with Gasteiger partial charge < -0.3 is 25.8 Å². The van der Waals surface area contributed by atoms with Crippen molar-refractivity contribution in [1.82, 2.24) is 14.9 Å². The fourth-order valence-corrected chi connectivity index (χ4v) is 5.15. The number of likely N-dealkylation sites (N-methyl/N-ethyl adjacent to an activating group) is 1. The molecule has 9 nitrogen and oxygen atoms in total. The number of para-hydroxylation sites is 4. The van der Waals surface area contributed by atoms with Gasteiger partial charge in [-0.3, -0.25) is 9.59 Å². The van der Waals surface area contributed by atoms with Gasteiger partial charge in [-0.25, -0.2) is 4.98 Å². The standard InChI is InChI=1S/C33H34ClN7O2/c1-4-24(42)20-23-11-5-6-13-27(23)36-31-25(32(43)38-30-22(2)10-9-12-26(30)34)21-35-33(39-31)37-28-14-7-8-15-29(28)41-18-16-40(3)17-19-41/h4-15,21H,1,16-20H2,2-3H3,(H,38,43)(H2,35,36,37,39). The van der Waals surface area contributed by atoms with Gasteiger partial charge in [0.15, 0.2) is 5.78 Å². The molecule has 0 aliphatic carbocycles. The first-order valence-electron chi connectivity index (χ1n) is 14.1. The van der Waals surface area contributed by atoms with Gasteiger partial charge in [0.2, 0.25) is 5.95 Å². The Morgan fingerprint density at radius 2 is 1.67 bits per heavy atom. The van der Waals surface area contributed by atoms with Crippen LogP contribution in [-0.2, 0) is 11.2 Å². The molecule has 1 aromatic heterocycles. The van der Waals surface area contributed by atoms with Gasteiger partial charge >= 0.3 is 0 Å². The average Bonchev–Trinajstić information content (AvgIpc) is 3.01. The SMILES string of the molecule is C=CC(=O)Cc1ccccc1Nc1nc(Nc2ccccc2N2CCN(C)CC2)ncc1C(=O)Nc1c(C)cccc1Cl. The number of carbonyl (C=O) groups is 2. The normalized spacial score (nSPS) is 13.3. The Bertz CT molecular complexity index is 1630. The van der Waals surface area contributed by atoms with Gasteiger partial charge in [-0.2, -0.15) is 4.98 Å². The van der Waals surface area contributed by atoms with E-state index in [1.54, 1.807) is 6.07 Å². The van der Waals surface area contributed by atoms with E-state index in [0.29, 0.717) is 22.3 Å². The molecule has 1 aliphatic heterocycles. The van der Waals surface area contributed by atoms with Gasteiger partial charge in [-0.1, -0.05) is 60.6 Å². The van der Waals surface area contributed by atoms with Crippen LogP contribution in [-0.4, -0.2) is 59.8 Å². The van der Waals surface area contributed by atoms with Crippen molar-refractivity contribution in [2.24, 2.45) is 0 Å². The Hall–Kier alpha value is -4.73. The van der Waals surface area contributed by atoms with E-state index in [2.05, 4.69) is 50.4 Å². The summed E-state index contributed by atoms with van der Waals surface area (Å²) in [5.74, 6) is 0.0409. The average molecular weight is 596 g/mol. The molecule has 3 N–H and O–H groups in total. The van der Waals surface area contributed by atoms with E-state index < -0.39 is 5.91 Å². The number of aromatic nitrogens is 2. The summed E-state index contributed by atoms with van der Waals surface area (Å²) in [5, 5.41) is 9.99. The highest BCUT2D eigenvalue weighted by Crippen LogP contribution is 2.31. The molecule has 0 radical (unpaired) electrons. The van der Waals surface area contributed by atoms with Crippen molar-refractivity contribution in [1.29, 1.82) is 0 Å². The predicted octanol–water partition coefficient (Wildman–Crippen LogP) is 6.23. The second-order valence-electron chi connectivity index (χ2n) is 10.4. The topological polar surface area (TPSA) is 102 Å². The van der Waals surface area contributed by atoms with Crippen molar-refractivity contribution in [2.75, 3.05) is 54.1 Å². The molecule has 2 heterocycles. The fourth-order valence-electron chi connectivity index (χ4n) is 4.88. The van der Waals surface area contributed by atoms with Gasteiger partial charge in [0.05, 0.1) is 22.1 Å². The second kappa shape index (κ2) is 13.5. The first kappa shape index (κ1) is 29.8. The number of rotatable bonds is 10. The van der Waals surface area contributed by atoms with Gasteiger partial charge in [-0.15, -0.1) is 0 Å². The van der Waals surface area contributed by atoms with Crippen molar-refractivity contribution >= 4 is 57.8 Å². The number of ketones is 1. The molecule has 1 fully saturated rings. The number of benzene rings is 3. The highest BCUT2D eigenvalue weighted by atomic mass is 35.5. The van der Waals surface area contributed by atoms with E-state index in [1.807, 2.05) is 61.5 Å². The minimum atomic E-state index is -0.428. The van der Waals surface area contributed by atoms with Crippen molar-refractivity contribution in [3.05, 3.63) is 107 Å².